The van der Waals surface area contributed by atoms with Crippen LogP contribution < -0.4 is 11.1 Å². The molecule has 1 atom stereocenters. The molecule has 2 amide bonds. The number of amides is 2. The van der Waals surface area contributed by atoms with Crippen molar-refractivity contribution in [2.24, 2.45) is 5.73 Å². The van der Waals surface area contributed by atoms with E-state index in [9.17, 15) is 19.1 Å². The number of aromatic nitrogens is 2. The number of hydrogen-bond donors (Lipinski definition) is 3. The molecule has 1 aliphatic rings. The molecule has 1 saturated heterocycles. The van der Waals surface area contributed by atoms with E-state index in [1.54, 1.807) is 36.5 Å². The second-order valence-corrected chi connectivity index (χ2v) is 9.91. The van der Waals surface area contributed by atoms with E-state index in [1.807, 2.05) is 18.2 Å². The second-order valence-electron chi connectivity index (χ2n) is 9.91. The number of nitrogens with zero attached hydrogens (tertiary/aromatic N) is 3. The van der Waals surface area contributed by atoms with Crippen molar-refractivity contribution in [3.05, 3.63) is 83.6 Å². The molecule has 8 nitrogen and oxygen atoms in total. The van der Waals surface area contributed by atoms with Crippen LogP contribution in [0.2, 0.25) is 0 Å². The number of benzene rings is 2. The number of aliphatic hydroxyl groups is 1. The number of carbonyl (C=O) groups is 2. The maximum atomic E-state index is 14.7. The summed E-state index contributed by atoms with van der Waals surface area (Å²) in [5, 5.41) is 13.4. The number of nitrogens with two attached hydrogens (primary N) is 1. The van der Waals surface area contributed by atoms with Gasteiger partial charge in [0.15, 0.2) is 0 Å². The summed E-state index contributed by atoms with van der Waals surface area (Å²) in [5.41, 5.74) is 9.75. The predicted molar refractivity (Wildman–Crippen MR) is 148 cm³/mol. The molecule has 3 heterocycles. The molecule has 0 radical (unpaired) electrons. The lowest BCUT2D eigenvalue weighted by Crippen LogP contribution is -2.38. The Hall–Kier alpha value is -4.21. The zero-order valence-corrected chi connectivity index (χ0v) is 21.7. The van der Waals surface area contributed by atoms with Gasteiger partial charge in [-0.2, -0.15) is 0 Å². The van der Waals surface area contributed by atoms with Gasteiger partial charge in [-0.05, 0) is 72.8 Å². The molecule has 1 fully saturated rings. The van der Waals surface area contributed by atoms with Crippen LogP contribution in [-0.2, 0) is 6.42 Å². The molecule has 4 N–H and O–H groups in total. The highest BCUT2D eigenvalue weighted by molar-refractivity contribution is 6.12. The van der Waals surface area contributed by atoms with E-state index >= 15 is 0 Å². The maximum Gasteiger partial charge on any atom is 0.255 e. The number of primary amides is 1. The summed E-state index contributed by atoms with van der Waals surface area (Å²) < 4.78 is 14.7. The molecule has 0 unspecified atom stereocenters. The Bertz CT molecular complexity index is 1550. The first-order chi connectivity index (χ1) is 18.8. The highest BCUT2D eigenvalue weighted by atomic mass is 19.1. The smallest absolute Gasteiger partial charge is 0.255 e. The number of nitrogens with one attached hydrogen (secondary N) is 1. The van der Waals surface area contributed by atoms with Crippen molar-refractivity contribution < 1.29 is 19.1 Å². The monoisotopic (exact) mass is 527 g/mol. The normalized spacial score (nSPS) is 15.0. The Balaban J connectivity index is 1.69. The van der Waals surface area contributed by atoms with Gasteiger partial charge in [-0.25, -0.2) is 4.39 Å². The standard InChI is InChI=1S/C30H30FN5O3/c1-36(17-24-3-2-7-34-24)30(39)28-25-13-19(21-11-22(29(32)38)15-33-14-21)4-5-27(25)35-16-26(28)20-9-18(6-8-37)10-23(31)12-20/h4-5,9-16,24,34,37H,2-3,6-8,17H2,1H3,(H2,32,38)/t24-/m0/s1. The number of aliphatic hydroxyl groups excluding tert-OH is 1. The first kappa shape index (κ1) is 26.4. The van der Waals surface area contributed by atoms with Gasteiger partial charge in [0.1, 0.15) is 5.82 Å². The van der Waals surface area contributed by atoms with Gasteiger partial charge in [0.25, 0.3) is 5.91 Å². The highest BCUT2D eigenvalue weighted by Gasteiger charge is 2.25. The molecule has 2 aromatic heterocycles. The maximum absolute atomic E-state index is 14.7. The van der Waals surface area contributed by atoms with Crippen molar-refractivity contribution in [1.29, 1.82) is 0 Å². The minimum atomic E-state index is -0.586. The van der Waals surface area contributed by atoms with Crippen LogP contribution in [0, 0.1) is 5.82 Å². The van der Waals surface area contributed by atoms with Gasteiger partial charge in [-0.3, -0.25) is 19.6 Å². The first-order valence-corrected chi connectivity index (χ1v) is 12.9. The minimum absolute atomic E-state index is 0.121. The summed E-state index contributed by atoms with van der Waals surface area (Å²) in [4.78, 5) is 36.3. The van der Waals surface area contributed by atoms with E-state index in [0.29, 0.717) is 45.3 Å². The molecule has 2 aromatic carbocycles. The molecule has 200 valence electrons. The Labute approximate surface area is 225 Å². The highest BCUT2D eigenvalue weighted by Crippen LogP contribution is 2.34. The number of carbonyl (C=O) groups excluding carboxylic acids is 2. The van der Waals surface area contributed by atoms with Gasteiger partial charge in [-0.15, -0.1) is 0 Å². The van der Waals surface area contributed by atoms with Crippen LogP contribution in [0.5, 0.6) is 0 Å². The van der Waals surface area contributed by atoms with Crippen molar-refractivity contribution >= 4 is 22.7 Å². The second kappa shape index (κ2) is 11.3. The molecular weight excluding hydrogens is 497 g/mol. The zero-order valence-electron chi connectivity index (χ0n) is 21.7. The van der Waals surface area contributed by atoms with Crippen molar-refractivity contribution in [2.75, 3.05) is 26.7 Å². The molecule has 9 heteroatoms. The van der Waals surface area contributed by atoms with Crippen molar-refractivity contribution in [1.82, 2.24) is 20.2 Å². The lowest BCUT2D eigenvalue weighted by atomic mass is 9.93. The molecule has 0 spiro atoms. The van der Waals surface area contributed by atoms with Crippen molar-refractivity contribution in [2.45, 2.75) is 25.3 Å². The van der Waals surface area contributed by atoms with E-state index in [0.717, 1.165) is 24.9 Å². The summed E-state index contributed by atoms with van der Waals surface area (Å²) in [6.07, 6.45) is 6.97. The van der Waals surface area contributed by atoms with Crippen LogP contribution in [0.1, 0.15) is 39.1 Å². The number of hydrogen-bond acceptors (Lipinski definition) is 6. The van der Waals surface area contributed by atoms with E-state index in [1.165, 1.54) is 18.3 Å². The molecule has 1 aliphatic heterocycles. The summed E-state index contributed by atoms with van der Waals surface area (Å²) in [7, 11) is 1.77. The molecule has 4 aromatic rings. The summed E-state index contributed by atoms with van der Waals surface area (Å²) >= 11 is 0. The van der Waals surface area contributed by atoms with Gasteiger partial charge in [0, 0.05) is 61.3 Å². The van der Waals surface area contributed by atoms with Crippen molar-refractivity contribution in [3.63, 3.8) is 0 Å². The average Bonchev–Trinajstić information content (AvgIpc) is 3.44. The topological polar surface area (TPSA) is 121 Å². The van der Waals surface area contributed by atoms with Gasteiger partial charge < -0.3 is 21.1 Å². The van der Waals surface area contributed by atoms with Crippen LogP contribution in [0.15, 0.2) is 61.1 Å². The third kappa shape index (κ3) is 5.64. The molecule has 0 aliphatic carbocycles. The molecule has 5 rings (SSSR count). The largest absolute Gasteiger partial charge is 0.396 e. The van der Waals surface area contributed by atoms with Gasteiger partial charge in [-0.1, -0.05) is 12.1 Å². The Morgan fingerprint density at radius 2 is 1.95 bits per heavy atom. The lowest BCUT2D eigenvalue weighted by Gasteiger charge is -2.24. The van der Waals surface area contributed by atoms with Crippen LogP contribution in [0.4, 0.5) is 4.39 Å². The van der Waals surface area contributed by atoms with Crippen LogP contribution in [0.25, 0.3) is 33.2 Å². The van der Waals surface area contributed by atoms with E-state index in [2.05, 4.69) is 15.3 Å². The van der Waals surface area contributed by atoms with Crippen LogP contribution >= 0.6 is 0 Å². The van der Waals surface area contributed by atoms with E-state index in [4.69, 9.17) is 5.73 Å². The minimum Gasteiger partial charge on any atom is -0.396 e. The Kier molecular flexibility index (Phi) is 7.63. The van der Waals surface area contributed by atoms with Gasteiger partial charge in [0.2, 0.25) is 5.91 Å². The Morgan fingerprint density at radius 3 is 2.69 bits per heavy atom. The Morgan fingerprint density at radius 1 is 1.10 bits per heavy atom. The fraction of sp³-hybridized carbons (Fsp3) is 0.267. The lowest BCUT2D eigenvalue weighted by molar-refractivity contribution is 0.0786. The fourth-order valence-electron chi connectivity index (χ4n) is 5.15. The van der Waals surface area contributed by atoms with E-state index in [-0.39, 0.29) is 30.5 Å². The van der Waals surface area contributed by atoms with Crippen molar-refractivity contribution in [3.8, 4) is 22.3 Å². The number of rotatable bonds is 8. The summed E-state index contributed by atoms with van der Waals surface area (Å²) in [5.74, 6) is -1.25. The third-order valence-electron chi connectivity index (χ3n) is 7.11. The molecular formula is C30H30FN5O3. The number of likely N-dealkylation sites (N-methyl/N-ethyl adjacent to an activating group) is 1. The quantitative estimate of drug-likeness (QED) is 0.322. The summed E-state index contributed by atoms with van der Waals surface area (Å²) in [6, 6.07) is 11.9. The number of fused-ring (bicyclic) bond motifs is 1. The molecule has 0 saturated carbocycles. The number of pyridine rings is 2. The third-order valence-corrected chi connectivity index (χ3v) is 7.11. The van der Waals surface area contributed by atoms with Gasteiger partial charge >= 0.3 is 0 Å². The van der Waals surface area contributed by atoms with Crippen LogP contribution in [0.3, 0.4) is 0 Å². The average molecular weight is 528 g/mol. The number of halogens is 1. The molecule has 39 heavy (non-hydrogen) atoms. The zero-order chi connectivity index (χ0) is 27.5. The predicted octanol–water partition coefficient (Wildman–Crippen LogP) is 3.56. The summed E-state index contributed by atoms with van der Waals surface area (Å²) in [6.45, 7) is 1.34. The SMILES string of the molecule is CN(C[C@@H]1CCCN1)C(=O)c1c(-c2cc(F)cc(CCO)c2)cnc2ccc(-c3cncc(C(N)=O)c3)cc12. The van der Waals surface area contributed by atoms with Crippen LogP contribution in [-0.4, -0.2) is 64.6 Å². The van der Waals surface area contributed by atoms with E-state index < -0.39 is 11.7 Å². The first-order valence-electron chi connectivity index (χ1n) is 12.9. The van der Waals surface area contributed by atoms with Gasteiger partial charge in [0.05, 0.1) is 16.6 Å². The fourth-order valence-corrected chi connectivity index (χ4v) is 5.15. The molecule has 0 bridgehead atoms.